The first-order valence-electron chi connectivity index (χ1n) is 8.00. The molecular weight excluding hydrogens is 252 g/mol. The second kappa shape index (κ2) is 5.35. The molecule has 19 heavy (non-hydrogen) atoms. The highest BCUT2D eigenvalue weighted by Crippen LogP contribution is 2.51. The second-order valence-electron chi connectivity index (χ2n) is 7.26. The van der Waals surface area contributed by atoms with Crippen LogP contribution in [0, 0.1) is 17.8 Å². The van der Waals surface area contributed by atoms with Crippen molar-refractivity contribution < 1.29 is 4.74 Å². The fraction of sp³-hybridized carbons (Fsp3) is 0.882. The van der Waals surface area contributed by atoms with E-state index >= 15 is 0 Å². The lowest BCUT2D eigenvalue weighted by Gasteiger charge is -2.32. The molecule has 0 N–H and O–H groups in total. The van der Waals surface area contributed by atoms with Gasteiger partial charge in [-0.2, -0.15) is 11.8 Å². The molecule has 0 aromatic carbocycles. The van der Waals surface area contributed by atoms with Crippen LogP contribution in [0.2, 0.25) is 0 Å². The highest BCUT2D eigenvalue weighted by molar-refractivity contribution is 7.99. The molecule has 0 heterocycles. The highest BCUT2D eigenvalue weighted by atomic mass is 32.2. The van der Waals surface area contributed by atoms with E-state index in [0.717, 1.165) is 22.8 Å². The zero-order valence-corrected chi connectivity index (χ0v) is 13.3. The number of rotatable bonds is 4. The molecule has 108 valence electrons. The minimum atomic E-state index is 0.104. The van der Waals surface area contributed by atoms with Crippen LogP contribution < -0.4 is 0 Å². The van der Waals surface area contributed by atoms with Crippen LogP contribution in [-0.2, 0) is 4.74 Å². The first kappa shape index (κ1) is 13.9. The van der Waals surface area contributed by atoms with E-state index in [9.17, 15) is 0 Å². The molecule has 0 spiro atoms. The maximum Gasteiger partial charge on any atom is 0.106 e. The summed E-state index contributed by atoms with van der Waals surface area (Å²) < 4.78 is 6.36. The summed E-state index contributed by atoms with van der Waals surface area (Å²) in [6.07, 6.45) is 13.0. The highest BCUT2D eigenvalue weighted by Gasteiger charge is 2.43. The Morgan fingerprint density at radius 1 is 1.16 bits per heavy atom. The number of fused-ring (bicyclic) bond motifs is 2. The predicted molar refractivity (Wildman–Crippen MR) is 83.3 cm³/mol. The monoisotopic (exact) mass is 280 g/mol. The number of thioether (sulfide) groups is 1. The molecule has 4 atom stereocenters. The van der Waals surface area contributed by atoms with Crippen molar-refractivity contribution in [3.8, 4) is 0 Å². The summed E-state index contributed by atoms with van der Waals surface area (Å²) in [6, 6.07) is 0. The topological polar surface area (TPSA) is 9.23 Å². The van der Waals surface area contributed by atoms with E-state index in [1.54, 1.807) is 0 Å². The van der Waals surface area contributed by atoms with Gasteiger partial charge in [-0.05, 0) is 76.4 Å². The zero-order valence-electron chi connectivity index (χ0n) is 12.5. The third-order valence-corrected chi connectivity index (χ3v) is 6.79. The molecular formula is C17H28OS. The summed E-state index contributed by atoms with van der Waals surface area (Å²) >= 11 is 2.07. The SMILES string of the molecule is C=C(OC1(C)CCCC1)C1CC2CC(SC)CC1C2. The van der Waals surface area contributed by atoms with Gasteiger partial charge in [0.05, 0.1) is 5.76 Å². The van der Waals surface area contributed by atoms with Crippen LogP contribution in [0.25, 0.3) is 0 Å². The van der Waals surface area contributed by atoms with Gasteiger partial charge in [-0.15, -0.1) is 0 Å². The maximum absolute atomic E-state index is 6.36. The average Bonchev–Trinajstić information content (AvgIpc) is 2.93. The molecule has 3 aliphatic rings. The molecule has 3 aliphatic carbocycles. The van der Waals surface area contributed by atoms with Gasteiger partial charge in [0.2, 0.25) is 0 Å². The Bertz CT molecular complexity index is 345. The smallest absolute Gasteiger partial charge is 0.106 e. The van der Waals surface area contributed by atoms with E-state index in [2.05, 4.69) is 31.5 Å². The molecule has 0 aromatic rings. The van der Waals surface area contributed by atoms with Crippen LogP contribution in [-0.4, -0.2) is 17.1 Å². The van der Waals surface area contributed by atoms with Crippen molar-refractivity contribution in [2.45, 2.75) is 69.1 Å². The van der Waals surface area contributed by atoms with Gasteiger partial charge < -0.3 is 4.74 Å². The van der Waals surface area contributed by atoms with E-state index in [1.165, 1.54) is 51.4 Å². The van der Waals surface area contributed by atoms with Crippen LogP contribution in [0.15, 0.2) is 12.3 Å². The third kappa shape index (κ3) is 2.84. The summed E-state index contributed by atoms with van der Waals surface area (Å²) in [7, 11) is 0. The zero-order chi connectivity index (χ0) is 13.5. The van der Waals surface area contributed by atoms with Gasteiger partial charge in [-0.3, -0.25) is 0 Å². The summed E-state index contributed by atoms with van der Waals surface area (Å²) in [5.41, 5.74) is 0.104. The minimum absolute atomic E-state index is 0.104. The largest absolute Gasteiger partial charge is 0.492 e. The quantitative estimate of drug-likeness (QED) is 0.669. The van der Waals surface area contributed by atoms with Crippen LogP contribution >= 0.6 is 11.8 Å². The van der Waals surface area contributed by atoms with Crippen molar-refractivity contribution in [3.05, 3.63) is 12.3 Å². The van der Waals surface area contributed by atoms with E-state index in [1.807, 2.05) is 0 Å². The van der Waals surface area contributed by atoms with Crippen molar-refractivity contribution in [2.75, 3.05) is 6.26 Å². The Kier molecular flexibility index (Phi) is 3.90. The first-order valence-corrected chi connectivity index (χ1v) is 9.29. The second-order valence-corrected chi connectivity index (χ2v) is 8.40. The van der Waals surface area contributed by atoms with Gasteiger partial charge in [0.25, 0.3) is 0 Å². The van der Waals surface area contributed by atoms with Gasteiger partial charge >= 0.3 is 0 Å². The van der Waals surface area contributed by atoms with E-state index in [0.29, 0.717) is 5.92 Å². The number of hydrogen-bond acceptors (Lipinski definition) is 2. The van der Waals surface area contributed by atoms with E-state index < -0.39 is 0 Å². The van der Waals surface area contributed by atoms with Gasteiger partial charge in [-0.1, -0.05) is 6.58 Å². The molecule has 0 amide bonds. The lowest BCUT2D eigenvalue weighted by atomic mass is 9.86. The van der Waals surface area contributed by atoms with Crippen molar-refractivity contribution in [1.29, 1.82) is 0 Å². The molecule has 3 fully saturated rings. The molecule has 0 aromatic heterocycles. The Labute approximate surface area is 122 Å². The molecule has 2 heteroatoms. The Morgan fingerprint density at radius 3 is 2.58 bits per heavy atom. The summed E-state index contributed by atoms with van der Waals surface area (Å²) in [5.74, 6) is 3.57. The van der Waals surface area contributed by atoms with Gasteiger partial charge in [0, 0.05) is 11.2 Å². The molecule has 0 aliphatic heterocycles. The first-order chi connectivity index (χ1) is 9.09. The Morgan fingerprint density at radius 2 is 1.89 bits per heavy atom. The lowest BCUT2D eigenvalue weighted by Crippen LogP contribution is -2.27. The fourth-order valence-electron chi connectivity index (χ4n) is 4.70. The van der Waals surface area contributed by atoms with Crippen LogP contribution in [0.3, 0.4) is 0 Å². The maximum atomic E-state index is 6.36. The Hall–Kier alpha value is -0.110. The van der Waals surface area contributed by atoms with E-state index in [4.69, 9.17) is 4.74 Å². The van der Waals surface area contributed by atoms with Crippen LogP contribution in [0.1, 0.15) is 58.3 Å². The predicted octanol–water partition coefficient (Wildman–Crippen LogP) is 5.02. The number of allylic oxidation sites excluding steroid dienone is 1. The van der Waals surface area contributed by atoms with Crippen LogP contribution in [0.5, 0.6) is 0 Å². The minimum Gasteiger partial charge on any atom is -0.492 e. The lowest BCUT2D eigenvalue weighted by molar-refractivity contribution is 0.00493. The van der Waals surface area contributed by atoms with Crippen molar-refractivity contribution >= 4 is 11.8 Å². The van der Waals surface area contributed by atoms with Gasteiger partial charge in [0.1, 0.15) is 5.60 Å². The average molecular weight is 280 g/mol. The number of hydrogen-bond donors (Lipinski definition) is 0. The molecule has 0 saturated heterocycles. The van der Waals surface area contributed by atoms with Crippen molar-refractivity contribution in [1.82, 2.24) is 0 Å². The molecule has 2 bridgehead atoms. The molecule has 4 unspecified atom stereocenters. The van der Waals surface area contributed by atoms with Crippen LogP contribution in [0.4, 0.5) is 0 Å². The fourth-order valence-corrected chi connectivity index (χ4v) is 5.61. The summed E-state index contributed by atoms with van der Waals surface area (Å²) in [4.78, 5) is 0. The molecule has 3 rings (SSSR count). The van der Waals surface area contributed by atoms with E-state index in [-0.39, 0.29) is 5.60 Å². The summed E-state index contributed by atoms with van der Waals surface area (Å²) in [5, 5.41) is 0.892. The normalized spacial score (nSPS) is 40.3. The standard InChI is InChI=1S/C17H28OS/c1-12(18-17(2)6-4-5-7-17)16-10-13-8-14(16)11-15(9-13)19-3/h13-16H,1,4-11H2,2-3H3. The Balaban J connectivity index is 1.62. The third-order valence-electron chi connectivity index (χ3n) is 5.74. The van der Waals surface area contributed by atoms with Crippen molar-refractivity contribution in [3.63, 3.8) is 0 Å². The van der Waals surface area contributed by atoms with Gasteiger partial charge in [-0.25, -0.2) is 0 Å². The molecule has 3 saturated carbocycles. The molecule has 0 radical (unpaired) electrons. The number of ether oxygens (including phenoxy) is 1. The molecule has 1 nitrogen and oxygen atoms in total. The van der Waals surface area contributed by atoms with Gasteiger partial charge in [0.15, 0.2) is 0 Å². The summed E-state index contributed by atoms with van der Waals surface area (Å²) in [6.45, 7) is 6.62. The van der Waals surface area contributed by atoms with Crippen molar-refractivity contribution in [2.24, 2.45) is 17.8 Å².